The van der Waals surface area contributed by atoms with E-state index in [1.54, 1.807) is 24.3 Å². The van der Waals surface area contributed by atoms with Crippen molar-refractivity contribution in [3.8, 4) is 0 Å². The first-order valence-corrected chi connectivity index (χ1v) is 9.79. The smallest absolute Gasteiger partial charge is 0.269 e. The molecule has 2 aromatic carbocycles. The summed E-state index contributed by atoms with van der Waals surface area (Å²) < 4.78 is 31.3. The van der Waals surface area contributed by atoms with E-state index in [0.717, 1.165) is 0 Å². The molecule has 0 bridgehead atoms. The van der Waals surface area contributed by atoms with Gasteiger partial charge in [0.2, 0.25) is 0 Å². The van der Waals surface area contributed by atoms with Gasteiger partial charge >= 0.3 is 0 Å². The Bertz CT molecular complexity index is 1060. The van der Waals surface area contributed by atoms with E-state index in [1.165, 1.54) is 48.7 Å². The standard InChI is InChI=1S/C19H16N2O6S/c22-19(14-8-10-15(11-9-14)21(23)24)20-13-18(17-7-4-12-27-17)28(25,26)16-5-2-1-3-6-16/h1-12,18H,13H2,(H,20,22). The number of nitrogens with zero attached hydrogens (tertiary/aromatic N) is 1. The fourth-order valence-corrected chi connectivity index (χ4v) is 4.24. The van der Waals surface area contributed by atoms with Gasteiger partial charge in [-0.1, -0.05) is 18.2 Å². The van der Waals surface area contributed by atoms with E-state index in [2.05, 4.69) is 5.32 Å². The number of hydrogen-bond acceptors (Lipinski definition) is 6. The van der Waals surface area contributed by atoms with Crippen LogP contribution in [0.1, 0.15) is 21.4 Å². The summed E-state index contributed by atoms with van der Waals surface area (Å²) in [6.07, 6.45) is 1.36. The third-order valence-electron chi connectivity index (χ3n) is 4.10. The van der Waals surface area contributed by atoms with Crippen LogP contribution in [-0.4, -0.2) is 25.8 Å². The lowest BCUT2D eigenvalue weighted by Gasteiger charge is -2.16. The Hall–Kier alpha value is -3.46. The van der Waals surface area contributed by atoms with Crippen molar-refractivity contribution >= 4 is 21.4 Å². The number of benzene rings is 2. The minimum Gasteiger partial charge on any atom is -0.468 e. The molecule has 3 aromatic rings. The minimum atomic E-state index is -3.82. The summed E-state index contributed by atoms with van der Waals surface area (Å²) in [7, 11) is -3.82. The Morgan fingerprint density at radius 3 is 2.29 bits per heavy atom. The fraction of sp³-hybridized carbons (Fsp3) is 0.105. The van der Waals surface area contributed by atoms with Crippen LogP contribution < -0.4 is 5.32 Å². The first-order chi connectivity index (χ1) is 13.4. The molecule has 0 radical (unpaired) electrons. The van der Waals surface area contributed by atoms with Crippen LogP contribution in [-0.2, 0) is 9.84 Å². The zero-order chi connectivity index (χ0) is 20.1. The van der Waals surface area contributed by atoms with Gasteiger partial charge in [-0.3, -0.25) is 14.9 Å². The number of nitro benzene ring substituents is 1. The normalized spacial score (nSPS) is 12.3. The van der Waals surface area contributed by atoms with Gasteiger partial charge in [-0.25, -0.2) is 8.42 Å². The second kappa shape index (κ2) is 8.05. The summed E-state index contributed by atoms with van der Waals surface area (Å²) in [5, 5.41) is 12.1. The Balaban J connectivity index is 1.81. The highest BCUT2D eigenvalue weighted by Gasteiger charge is 2.31. The zero-order valence-electron chi connectivity index (χ0n) is 14.5. The van der Waals surface area contributed by atoms with Gasteiger partial charge in [0, 0.05) is 24.2 Å². The van der Waals surface area contributed by atoms with Crippen molar-refractivity contribution in [2.24, 2.45) is 0 Å². The number of sulfone groups is 1. The molecule has 1 N–H and O–H groups in total. The molecular weight excluding hydrogens is 384 g/mol. The highest BCUT2D eigenvalue weighted by atomic mass is 32.2. The molecule has 3 rings (SSSR count). The van der Waals surface area contributed by atoms with Crippen molar-refractivity contribution in [3.05, 3.63) is 94.4 Å². The molecule has 0 aliphatic heterocycles. The molecule has 0 saturated heterocycles. The van der Waals surface area contributed by atoms with Crippen LogP contribution in [0.5, 0.6) is 0 Å². The highest BCUT2D eigenvalue weighted by molar-refractivity contribution is 7.91. The lowest BCUT2D eigenvalue weighted by Crippen LogP contribution is -2.31. The van der Waals surface area contributed by atoms with Crippen molar-refractivity contribution in [3.63, 3.8) is 0 Å². The number of furan rings is 1. The van der Waals surface area contributed by atoms with Crippen LogP contribution in [0, 0.1) is 10.1 Å². The van der Waals surface area contributed by atoms with Gasteiger partial charge in [-0.2, -0.15) is 0 Å². The van der Waals surface area contributed by atoms with E-state index >= 15 is 0 Å². The monoisotopic (exact) mass is 400 g/mol. The predicted molar refractivity (Wildman–Crippen MR) is 101 cm³/mol. The zero-order valence-corrected chi connectivity index (χ0v) is 15.3. The molecule has 0 fully saturated rings. The molecule has 8 nitrogen and oxygen atoms in total. The van der Waals surface area contributed by atoms with Gasteiger partial charge in [-0.05, 0) is 36.4 Å². The summed E-state index contributed by atoms with van der Waals surface area (Å²) in [5.74, 6) is -0.345. The van der Waals surface area contributed by atoms with Gasteiger partial charge in [0.05, 0.1) is 16.1 Å². The lowest BCUT2D eigenvalue weighted by atomic mass is 10.2. The van der Waals surface area contributed by atoms with Gasteiger partial charge in [-0.15, -0.1) is 0 Å². The Morgan fingerprint density at radius 2 is 1.71 bits per heavy atom. The van der Waals surface area contributed by atoms with Crippen LogP contribution in [0.3, 0.4) is 0 Å². The van der Waals surface area contributed by atoms with E-state index < -0.39 is 25.9 Å². The molecule has 0 aliphatic rings. The Morgan fingerprint density at radius 1 is 1.04 bits per heavy atom. The Kier molecular flexibility index (Phi) is 5.55. The molecule has 28 heavy (non-hydrogen) atoms. The average molecular weight is 400 g/mol. The summed E-state index contributed by atoms with van der Waals surface area (Å²) in [4.78, 5) is 22.6. The number of nitrogens with one attached hydrogen (secondary N) is 1. The number of nitro groups is 1. The molecule has 1 heterocycles. The number of amides is 1. The third-order valence-corrected chi connectivity index (χ3v) is 6.17. The largest absolute Gasteiger partial charge is 0.468 e. The summed E-state index contributed by atoms with van der Waals surface area (Å²) in [6.45, 7) is -0.222. The molecule has 1 aromatic heterocycles. The number of carbonyl (C=O) groups is 1. The maximum Gasteiger partial charge on any atom is 0.269 e. The molecule has 0 saturated carbocycles. The van der Waals surface area contributed by atoms with E-state index in [9.17, 15) is 23.3 Å². The number of rotatable bonds is 7. The topological polar surface area (TPSA) is 120 Å². The van der Waals surface area contributed by atoms with Crippen molar-refractivity contribution in [2.45, 2.75) is 10.1 Å². The molecular formula is C19H16N2O6S. The van der Waals surface area contributed by atoms with E-state index in [0.29, 0.717) is 0 Å². The molecule has 1 amide bonds. The molecule has 1 atom stereocenters. The molecule has 9 heteroatoms. The first-order valence-electron chi connectivity index (χ1n) is 8.24. The maximum atomic E-state index is 13.0. The molecule has 0 spiro atoms. The van der Waals surface area contributed by atoms with Crippen molar-refractivity contribution in [1.29, 1.82) is 0 Å². The quantitative estimate of drug-likeness (QED) is 0.481. The van der Waals surface area contributed by atoms with Crippen molar-refractivity contribution in [1.82, 2.24) is 5.32 Å². The number of carbonyl (C=O) groups excluding carboxylic acids is 1. The van der Waals surface area contributed by atoms with Gasteiger partial charge in [0.25, 0.3) is 11.6 Å². The van der Waals surface area contributed by atoms with E-state index in [1.807, 2.05) is 0 Å². The lowest BCUT2D eigenvalue weighted by molar-refractivity contribution is -0.384. The third kappa shape index (κ3) is 4.09. The van der Waals surface area contributed by atoms with Gasteiger partial charge in [0.1, 0.15) is 11.0 Å². The first kappa shape index (κ1) is 19.3. The summed E-state index contributed by atoms with van der Waals surface area (Å²) in [5.41, 5.74) is 0.0394. The minimum absolute atomic E-state index is 0.112. The van der Waals surface area contributed by atoms with Crippen LogP contribution in [0.25, 0.3) is 0 Å². The van der Waals surface area contributed by atoms with Crippen molar-refractivity contribution in [2.75, 3.05) is 6.54 Å². The highest BCUT2D eigenvalue weighted by Crippen LogP contribution is 2.28. The molecule has 144 valence electrons. The van der Waals surface area contributed by atoms with Crippen LogP contribution in [0.4, 0.5) is 5.69 Å². The van der Waals surface area contributed by atoms with Crippen LogP contribution >= 0.6 is 0 Å². The SMILES string of the molecule is O=C(NCC(c1ccco1)S(=O)(=O)c1ccccc1)c1ccc([N+](=O)[O-])cc1. The van der Waals surface area contributed by atoms with E-state index in [4.69, 9.17) is 4.42 Å². The van der Waals surface area contributed by atoms with E-state index in [-0.39, 0.29) is 28.5 Å². The number of hydrogen-bond donors (Lipinski definition) is 1. The number of non-ortho nitro benzene ring substituents is 1. The average Bonchev–Trinajstić information content (AvgIpc) is 3.23. The van der Waals surface area contributed by atoms with Gasteiger partial charge < -0.3 is 9.73 Å². The molecule has 1 unspecified atom stereocenters. The van der Waals surface area contributed by atoms with Gasteiger partial charge in [0.15, 0.2) is 9.84 Å². The summed E-state index contributed by atoms with van der Waals surface area (Å²) >= 11 is 0. The van der Waals surface area contributed by atoms with Crippen molar-refractivity contribution < 1.29 is 22.6 Å². The second-order valence-corrected chi connectivity index (χ2v) is 8.01. The second-order valence-electron chi connectivity index (χ2n) is 5.88. The fourth-order valence-electron chi connectivity index (χ4n) is 2.63. The molecule has 0 aliphatic carbocycles. The summed E-state index contributed by atoms with van der Waals surface area (Å²) in [6, 6.07) is 16.0. The van der Waals surface area contributed by atoms with Crippen LogP contribution in [0.2, 0.25) is 0 Å². The maximum absolute atomic E-state index is 13.0. The Labute approximate surface area is 160 Å². The predicted octanol–water partition coefficient (Wildman–Crippen LogP) is 3.13. The van der Waals surface area contributed by atoms with Crippen LogP contribution in [0.15, 0.2) is 82.3 Å².